The van der Waals surface area contributed by atoms with Gasteiger partial charge in [-0.25, -0.2) is 4.39 Å². The highest BCUT2D eigenvalue weighted by molar-refractivity contribution is 5.95. The van der Waals surface area contributed by atoms with E-state index in [1.54, 1.807) is 19.1 Å². The van der Waals surface area contributed by atoms with E-state index in [1.165, 1.54) is 17.0 Å². The summed E-state index contributed by atoms with van der Waals surface area (Å²) in [5.41, 5.74) is 0.693. The van der Waals surface area contributed by atoms with Crippen LogP contribution >= 0.6 is 0 Å². The second-order valence-electron chi connectivity index (χ2n) is 4.73. The molecular formula is C14H17FN2O2. The second kappa shape index (κ2) is 5.38. The molecule has 2 unspecified atom stereocenters. The maximum absolute atomic E-state index is 13.2. The van der Waals surface area contributed by atoms with Crippen LogP contribution in [-0.2, 0) is 9.59 Å². The zero-order valence-corrected chi connectivity index (χ0v) is 11.0. The minimum Gasteiger partial charge on any atom is -0.343 e. The van der Waals surface area contributed by atoms with Gasteiger partial charge >= 0.3 is 0 Å². The number of benzene rings is 1. The molecule has 5 heteroatoms. The Morgan fingerprint density at radius 2 is 2.21 bits per heavy atom. The van der Waals surface area contributed by atoms with Crippen molar-refractivity contribution in [2.45, 2.75) is 32.4 Å². The van der Waals surface area contributed by atoms with E-state index in [2.05, 4.69) is 5.32 Å². The van der Waals surface area contributed by atoms with Crippen LogP contribution in [-0.4, -0.2) is 29.3 Å². The first-order valence-corrected chi connectivity index (χ1v) is 6.38. The number of carbonyl (C=O) groups is 2. The zero-order valence-electron chi connectivity index (χ0n) is 11.0. The number of rotatable bonds is 3. The average molecular weight is 264 g/mol. The molecule has 1 aliphatic rings. The summed E-state index contributed by atoms with van der Waals surface area (Å²) >= 11 is 0. The van der Waals surface area contributed by atoms with Crippen LogP contribution in [0.25, 0.3) is 0 Å². The lowest BCUT2D eigenvalue weighted by Crippen LogP contribution is -2.58. The lowest BCUT2D eigenvalue weighted by molar-refractivity contribution is -0.146. The zero-order chi connectivity index (χ0) is 14.0. The molecule has 0 spiro atoms. The Morgan fingerprint density at radius 1 is 1.47 bits per heavy atom. The summed E-state index contributed by atoms with van der Waals surface area (Å²) in [5, 5.41) is 2.66. The minimum atomic E-state index is -0.475. The van der Waals surface area contributed by atoms with Crippen molar-refractivity contribution in [2.75, 3.05) is 6.54 Å². The Morgan fingerprint density at radius 3 is 2.84 bits per heavy atom. The average Bonchev–Trinajstić information content (AvgIpc) is 2.40. The van der Waals surface area contributed by atoms with Gasteiger partial charge in [0.1, 0.15) is 18.4 Å². The van der Waals surface area contributed by atoms with E-state index in [0.29, 0.717) is 12.0 Å². The van der Waals surface area contributed by atoms with Gasteiger partial charge in [-0.1, -0.05) is 19.1 Å². The minimum absolute atomic E-state index is 0.0208. The van der Waals surface area contributed by atoms with E-state index in [0.717, 1.165) is 0 Å². The number of carbonyl (C=O) groups excluding carboxylic acids is 2. The summed E-state index contributed by atoms with van der Waals surface area (Å²) in [6, 6.07) is 5.32. The molecule has 1 aliphatic heterocycles. The number of halogens is 1. The van der Waals surface area contributed by atoms with Crippen molar-refractivity contribution < 1.29 is 14.0 Å². The summed E-state index contributed by atoms with van der Waals surface area (Å²) in [6.07, 6.45) is 0.553. The molecule has 19 heavy (non-hydrogen) atoms. The molecule has 1 aromatic rings. The molecule has 0 saturated carbocycles. The van der Waals surface area contributed by atoms with Crippen molar-refractivity contribution in [1.29, 1.82) is 0 Å². The van der Waals surface area contributed by atoms with Crippen LogP contribution in [0.3, 0.4) is 0 Å². The van der Waals surface area contributed by atoms with Crippen molar-refractivity contribution in [3.63, 3.8) is 0 Å². The molecule has 1 fully saturated rings. The third-order valence-corrected chi connectivity index (χ3v) is 3.44. The lowest BCUT2D eigenvalue weighted by Gasteiger charge is -2.36. The number of nitrogens with zero attached hydrogens (tertiary/aromatic N) is 1. The SMILES string of the molecule is CCC1NC(=O)CN(C(C)c2cccc(F)c2)C1=O. The molecule has 1 saturated heterocycles. The van der Waals surface area contributed by atoms with Gasteiger partial charge in [0.25, 0.3) is 0 Å². The summed E-state index contributed by atoms with van der Waals surface area (Å²) < 4.78 is 13.2. The second-order valence-corrected chi connectivity index (χ2v) is 4.73. The van der Waals surface area contributed by atoms with Crippen LogP contribution in [0.4, 0.5) is 4.39 Å². The van der Waals surface area contributed by atoms with Gasteiger partial charge in [0, 0.05) is 0 Å². The number of hydrogen-bond donors (Lipinski definition) is 1. The lowest BCUT2D eigenvalue weighted by atomic mass is 10.0. The van der Waals surface area contributed by atoms with Crippen LogP contribution in [0.1, 0.15) is 31.9 Å². The van der Waals surface area contributed by atoms with E-state index in [4.69, 9.17) is 0 Å². The standard InChI is InChI=1S/C14H17FN2O2/c1-3-12-14(19)17(8-13(18)16-12)9(2)10-5-4-6-11(15)7-10/h4-7,9,12H,3,8H2,1-2H3,(H,16,18). The molecule has 1 N–H and O–H groups in total. The van der Waals surface area contributed by atoms with Gasteiger partial charge in [0.15, 0.2) is 0 Å². The molecule has 4 nitrogen and oxygen atoms in total. The predicted octanol–water partition coefficient (Wildman–Crippen LogP) is 1.62. The Bertz CT molecular complexity index is 504. The van der Waals surface area contributed by atoms with Crippen LogP contribution in [0.15, 0.2) is 24.3 Å². The highest BCUT2D eigenvalue weighted by Crippen LogP contribution is 2.23. The van der Waals surface area contributed by atoms with Crippen molar-refractivity contribution in [3.8, 4) is 0 Å². The van der Waals surface area contributed by atoms with Crippen molar-refractivity contribution in [3.05, 3.63) is 35.6 Å². The molecule has 1 aromatic carbocycles. The van der Waals surface area contributed by atoms with E-state index in [-0.39, 0.29) is 30.2 Å². The Hall–Kier alpha value is -1.91. The molecular weight excluding hydrogens is 247 g/mol. The van der Waals surface area contributed by atoms with Crippen molar-refractivity contribution >= 4 is 11.8 Å². The fraction of sp³-hybridized carbons (Fsp3) is 0.429. The Kier molecular flexibility index (Phi) is 3.83. The topological polar surface area (TPSA) is 49.4 Å². The third kappa shape index (κ3) is 2.75. The normalized spacial score (nSPS) is 21.2. The first-order chi connectivity index (χ1) is 9.02. The number of piperazine rings is 1. The molecule has 0 bridgehead atoms. The molecule has 1 heterocycles. The maximum atomic E-state index is 13.2. The Balaban J connectivity index is 2.24. The quantitative estimate of drug-likeness (QED) is 0.902. The largest absolute Gasteiger partial charge is 0.343 e. The molecule has 0 aromatic heterocycles. The van der Waals surface area contributed by atoms with E-state index in [1.807, 2.05) is 6.92 Å². The third-order valence-electron chi connectivity index (χ3n) is 3.44. The number of nitrogens with one attached hydrogen (secondary N) is 1. The molecule has 2 rings (SSSR count). The van der Waals surface area contributed by atoms with Gasteiger partial charge in [-0.2, -0.15) is 0 Å². The van der Waals surface area contributed by atoms with Gasteiger partial charge < -0.3 is 10.2 Å². The molecule has 2 amide bonds. The molecule has 102 valence electrons. The van der Waals surface area contributed by atoms with Crippen molar-refractivity contribution in [1.82, 2.24) is 10.2 Å². The summed E-state index contributed by atoms with van der Waals surface area (Å²) in [7, 11) is 0. The van der Waals surface area contributed by atoms with Gasteiger partial charge in [0.05, 0.1) is 6.04 Å². The van der Waals surface area contributed by atoms with Crippen LogP contribution < -0.4 is 5.32 Å². The van der Waals surface area contributed by atoms with Gasteiger partial charge in [-0.15, -0.1) is 0 Å². The van der Waals surface area contributed by atoms with Gasteiger partial charge in [-0.05, 0) is 31.0 Å². The first-order valence-electron chi connectivity index (χ1n) is 6.38. The fourth-order valence-corrected chi connectivity index (χ4v) is 2.29. The Labute approximate surface area is 111 Å². The summed E-state index contributed by atoms with van der Waals surface area (Å²) in [5.74, 6) is -0.626. The van der Waals surface area contributed by atoms with Gasteiger partial charge in [-0.3, -0.25) is 9.59 Å². The van der Waals surface area contributed by atoms with Crippen LogP contribution in [0, 0.1) is 5.82 Å². The summed E-state index contributed by atoms with van der Waals surface area (Å²) in [6.45, 7) is 3.67. The highest BCUT2D eigenvalue weighted by Gasteiger charge is 2.34. The van der Waals surface area contributed by atoms with Gasteiger partial charge in [0.2, 0.25) is 11.8 Å². The highest BCUT2D eigenvalue weighted by atomic mass is 19.1. The molecule has 0 aliphatic carbocycles. The molecule has 2 atom stereocenters. The number of amides is 2. The fourth-order valence-electron chi connectivity index (χ4n) is 2.29. The van der Waals surface area contributed by atoms with Crippen LogP contribution in [0.5, 0.6) is 0 Å². The van der Waals surface area contributed by atoms with Crippen molar-refractivity contribution in [2.24, 2.45) is 0 Å². The predicted molar refractivity (Wildman–Crippen MR) is 68.7 cm³/mol. The maximum Gasteiger partial charge on any atom is 0.246 e. The summed E-state index contributed by atoms with van der Waals surface area (Å²) in [4.78, 5) is 25.3. The smallest absolute Gasteiger partial charge is 0.246 e. The first kappa shape index (κ1) is 13.5. The monoisotopic (exact) mass is 264 g/mol. The van der Waals surface area contributed by atoms with E-state index < -0.39 is 6.04 Å². The molecule has 0 radical (unpaired) electrons. The van der Waals surface area contributed by atoms with Crippen LogP contribution in [0.2, 0.25) is 0 Å². The number of hydrogen-bond acceptors (Lipinski definition) is 2. The van der Waals surface area contributed by atoms with E-state index >= 15 is 0 Å². The van der Waals surface area contributed by atoms with E-state index in [9.17, 15) is 14.0 Å².